The van der Waals surface area contributed by atoms with Crippen molar-refractivity contribution in [2.75, 3.05) is 7.05 Å². The minimum atomic E-state index is -3.52. The van der Waals surface area contributed by atoms with Gasteiger partial charge < -0.3 is 9.73 Å². The Morgan fingerprint density at radius 1 is 1.28 bits per heavy atom. The van der Waals surface area contributed by atoms with Crippen molar-refractivity contribution >= 4 is 10.0 Å². The van der Waals surface area contributed by atoms with E-state index in [1.165, 1.54) is 0 Å². The lowest BCUT2D eigenvalue weighted by molar-refractivity contribution is 0.492. The first-order valence-electron chi connectivity index (χ1n) is 6.09. The third-order valence-corrected chi connectivity index (χ3v) is 4.70. The monoisotopic (exact) mass is 274 g/mol. The molecule has 1 heterocycles. The van der Waals surface area contributed by atoms with Crippen LogP contribution in [0, 0.1) is 13.8 Å². The van der Waals surface area contributed by atoms with Crippen LogP contribution in [-0.4, -0.2) is 21.5 Å². The van der Waals surface area contributed by atoms with E-state index in [2.05, 4.69) is 10.0 Å². The molecule has 0 saturated heterocycles. The maximum absolute atomic E-state index is 12.3. The second kappa shape index (κ2) is 5.86. The fraction of sp³-hybridized carbons (Fsp3) is 0.667. The molecule has 1 aromatic rings. The zero-order chi connectivity index (χ0) is 13.9. The Morgan fingerprint density at radius 2 is 1.89 bits per heavy atom. The highest BCUT2D eigenvalue weighted by Crippen LogP contribution is 2.26. The van der Waals surface area contributed by atoms with Gasteiger partial charge in [0.05, 0.1) is 0 Å². The van der Waals surface area contributed by atoms with Gasteiger partial charge in [0.25, 0.3) is 0 Å². The highest BCUT2D eigenvalue weighted by molar-refractivity contribution is 7.89. The summed E-state index contributed by atoms with van der Waals surface area (Å²) in [4.78, 5) is 0.273. The molecule has 0 aromatic carbocycles. The lowest BCUT2D eigenvalue weighted by atomic mass is 10.2. The van der Waals surface area contributed by atoms with Crippen LogP contribution in [0.15, 0.2) is 9.31 Å². The molecule has 104 valence electrons. The Labute approximate surface area is 109 Å². The van der Waals surface area contributed by atoms with Gasteiger partial charge in [-0.3, -0.25) is 0 Å². The van der Waals surface area contributed by atoms with E-state index in [-0.39, 0.29) is 10.9 Å². The maximum Gasteiger partial charge on any atom is 0.244 e. The molecule has 1 atom stereocenters. The summed E-state index contributed by atoms with van der Waals surface area (Å²) in [7, 11) is -1.74. The van der Waals surface area contributed by atoms with Gasteiger partial charge in [-0.05, 0) is 34.2 Å². The SMILES string of the molecule is CCC(C)NS(=O)(=O)c1c(C)oc(C)c1CNC. The molecule has 0 fully saturated rings. The summed E-state index contributed by atoms with van der Waals surface area (Å²) in [6.07, 6.45) is 0.747. The molecule has 0 bridgehead atoms. The average molecular weight is 274 g/mol. The summed E-state index contributed by atoms with van der Waals surface area (Å²) in [5.74, 6) is 1.08. The van der Waals surface area contributed by atoms with Crippen molar-refractivity contribution in [3.05, 3.63) is 17.1 Å². The van der Waals surface area contributed by atoms with Gasteiger partial charge in [0.15, 0.2) is 0 Å². The molecule has 0 spiro atoms. The first-order chi connectivity index (χ1) is 8.33. The van der Waals surface area contributed by atoms with Gasteiger partial charge in [0.1, 0.15) is 16.4 Å². The van der Waals surface area contributed by atoms with Gasteiger partial charge in [-0.15, -0.1) is 0 Å². The number of rotatable bonds is 6. The number of nitrogens with one attached hydrogen (secondary N) is 2. The van der Waals surface area contributed by atoms with Crippen LogP contribution in [-0.2, 0) is 16.6 Å². The molecular weight excluding hydrogens is 252 g/mol. The molecule has 1 unspecified atom stereocenters. The van der Waals surface area contributed by atoms with E-state index in [4.69, 9.17) is 4.42 Å². The molecule has 1 rings (SSSR count). The van der Waals surface area contributed by atoms with Crippen LogP contribution in [0.3, 0.4) is 0 Å². The van der Waals surface area contributed by atoms with Crippen LogP contribution >= 0.6 is 0 Å². The molecule has 0 saturated carbocycles. The summed E-state index contributed by atoms with van der Waals surface area (Å²) < 4.78 is 32.8. The van der Waals surface area contributed by atoms with Crippen LogP contribution in [0.25, 0.3) is 0 Å². The Morgan fingerprint density at radius 3 is 2.39 bits per heavy atom. The summed E-state index contributed by atoms with van der Waals surface area (Å²) >= 11 is 0. The first-order valence-corrected chi connectivity index (χ1v) is 7.57. The number of aryl methyl sites for hydroxylation is 2. The Kier molecular flexibility index (Phi) is 4.95. The summed E-state index contributed by atoms with van der Waals surface area (Å²) in [6.45, 7) is 7.71. The fourth-order valence-corrected chi connectivity index (χ4v) is 3.62. The molecule has 2 N–H and O–H groups in total. The number of furan rings is 1. The van der Waals surface area contributed by atoms with Gasteiger partial charge in [-0.1, -0.05) is 6.92 Å². The molecule has 0 aliphatic rings. The molecule has 5 nitrogen and oxygen atoms in total. The second-order valence-electron chi connectivity index (χ2n) is 4.48. The van der Waals surface area contributed by atoms with E-state index in [0.717, 1.165) is 6.42 Å². The van der Waals surface area contributed by atoms with Gasteiger partial charge in [0, 0.05) is 18.2 Å². The first kappa shape index (κ1) is 15.2. The smallest absolute Gasteiger partial charge is 0.244 e. The summed E-state index contributed by atoms with van der Waals surface area (Å²) in [5.41, 5.74) is 0.700. The quantitative estimate of drug-likeness (QED) is 0.828. The molecule has 0 amide bonds. The molecule has 0 aliphatic carbocycles. The Hall–Kier alpha value is -0.850. The minimum Gasteiger partial charge on any atom is -0.465 e. The molecule has 1 aromatic heterocycles. The predicted octanol–water partition coefficient (Wildman–Crippen LogP) is 1.69. The van der Waals surface area contributed by atoms with E-state index in [0.29, 0.717) is 23.6 Å². The van der Waals surface area contributed by atoms with Crippen LogP contribution in [0.1, 0.15) is 37.4 Å². The number of hydrogen-bond acceptors (Lipinski definition) is 4. The lowest BCUT2D eigenvalue weighted by Crippen LogP contribution is -2.33. The second-order valence-corrected chi connectivity index (χ2v) is 6.13. The summed E-state index contributed by atoms with van der Waals surface area (Å²) in [5, 5.41) is 2.97. The predicted molar refractivity (Wildman–Crippen MR) is 71.0 cm³/mol. The van der Waals surface area contributed by atoms with Crippen molar-refractivity contribution in [1.82, 2.24) is 10.0 Å². The van der Waals surface area contributed by atoms with Crippen molar-refractivity contribution in [3.8, 4) is 0 Å². The fourth-order valence-electron chi connectivity index (χ4n) is 1.85. The molecule has 0 radical (unpaired) electrons. The van der Waals surface area contributed by atoms with Crippen molar-refractivity contribution in [2.45, 2.75) is 51.6 Å². The van der Waals surface area contributed by atoms with Crippen molar-refractivity contribution in [1.29, 1.82) is 0 Å². The highest BCUT2D eigenvalue weighted by Gasteiger charge is 2.27. The largest absolute Gasteiger partial charge is 0.465 e. The third-order valence-electron chi connectivity index (χ3n) is 2.92. The summed E-state index contributed by atoms with van der Waals surface area (Å²) in [6, 6.07) is -0.0907. The van der Waals surface area contributed by atoms with Gasteiger partial charge >= 0.3 is 0 Å². The van der Waals surface area contributed by atoms with E-state index < -0.39 is 10.0 Å². The zero-order valence-corrected chi connectivity index (χ0v) is 12.4. The van der Waals surface area contributed by atoms with Gasteiger partial charge in [-0.25, -0.2) is 13.1 Å². The number of sulfonamides is 1. The topological polar surface area (TPSA) is 71.3 Å². The Balaban J connectivity index is 3.23. The van der Waals surface area contributed by atoms with Crippen molar-refractivity contribution in [3.63, 3.8) is 0 Å². The maximum atomic E-state index is 12.3. The lowest BCUT2D eigenvalue weighted by Gasteiger charge is -2.13. The Bertz CT molecular complexity index is 506. The van der Waals surface area contributed by atoms with E-state index in [9.17, 15) is 8.42 Å². The normalized spacial score (nSPS) is 13.8. The molecule has 0 aliphatic heterocycles. The zero-order valence-electron chi connectivity index (χ0n) is 11.6. The van der Waals surface area contributed by atoms with Crippen molar-refractivity contribution in [2.24, 2.45) is 0 Å². The number of hydrogen-bond donors (Lipinski definition) is 2. The van der Waals surface area contributed by atoms with Crippen LogP contribution < -0.4 is 10.0 Å². The standard InChI is InChI=1S/C12H22N2O3S/c1-6-8(2)14-18(15,16)12-10(4)17-9(3)11(12)7-13-5/h8,13-14H,6-7H2,1-5H3. The van der Waals surface area contributed by atoms with E-state index in [1.807, 2.05) is 13.8 Å². The van der Waals surface area contributed by atoms with Gasteiger partial charge in [-0.2, -0.15) is 0 Å². The van der Waals surface area contributed by atoms with E-state index >= 15 is 0 Å². The van der Waals surface area contributed by atoms with E-state index in [1.54, 1.807) is 20.9 Å². The van der Waals surface area contributed by atoms with Crippen LogP contribution in [0.4, 0.5) is 0 Å². The highest BCUT2D eigenvalue weighted by atomic mass is 32.2. The molecule has 18 heavy (non-hydrogen) atoms. The van der Waals surface area contributed by atoms with Crippen molar-refractivity contribution < 1.29 is 12.8 Å². The molecular formula is C12H22N2O3S. The minimum absolute atomic E-state index is 0.0907. The van der Waals surface area contributed by atoms with Gasteiger partial charge in [0.2, 0.25) is 10.0 Å². The van der Waals surface area contributed by atoms with Crippen LogP contribution in [0.2, 0.25) is 0 Å². The third kappa shape index (κ3) is 3.13. The average Bonchev–Trinajstić information content (AvgIpc) is 2.54. The molecule has 6 heteroatoms. The van der Waals surface area contributed by atoms with Crippen LogP contribution in [0.5, 0.6) is 0 Å².